The van der Waals surface area contributed by atoms with Gasteiger partial charge in [0.1, 0.15) is 12.4 Å². The lowest BCUT2D eigenvalue weighted by Gasteiger charge is -2.23. The van der Waals surface area contributed by atoms with Crippen molar-refractivity contribution < 1.29 is 35.3 Å². The fraction of sp³-hybridized carbons (Fsp3) is 0.350. The second-order valence-corrected chi connectivity index (χ2v) is 8.74. The summed E-state index contributed by atoms with van der Waals surface area (Å²) in [7, 11) is -5.89. The number of rotatable bonds is 6. The fourth-order valence-corrected chi connectivity index (χ4v) is 4.72. The van der Waals surface area contributed by atoms with Crippen molar-refractivity contribution in [2.24, 2.45) is 0 Å². The van der Waals surface area contributed by atoms with Gasteiger partial charge in [-0.25, -0.2) is 0 Å². The number of fused-ring (bicyclic) bond motifs is 5. The van der Waals surface area contributed by atoms with Gasteiger partial charge >= 0.3 is 15.6 Å². The Morgan fingerprint density at radius 1 is 1.07 bits per heavy atom. The highest BCUT2D eigenvalue weighted by Crippen LogP contribution is 2.59. The minimum atomic E-state index is -5.89. The van der Waals surface area contributed by atoms with E-state index in [2.05, 4.69) is 4.18 Å². The normalized spacial score (nSPS) is 20.4. The van der Waals surface area contributed by atoms with Crippen LogP contribution in [0.25, 0.3) is 0 Å². The second kappa shape index (κ2) is 7.05. The van der Waals surface area contributed by atoms with E-state index in [-0.39, 0.29) is 24.0 Å². The van der Waals surface area contributed by atoms with Crippen molar-refractivity contribution in [3.8, 4) is 11.5 Å². The van der Waals surface area contributed by atoms with Crippen molar-refractivity contribution >= 4 is 16.4 Å². The molecule has 9 heteroatoms. The summed E-state index contributed by atoms with van der Waals surface area (Å²) in [4.78, 5) is 11.6. The van der Waals surface area contributed by atoms with Crippen LogP contribution >= 0.6 is 0 Å². The van der Waals surface area contributed by atoms with Crippen molar-refractivity contribution in [2.45, 2.75) is 43.2 Å². The highest BCUT2D eigenvalue weighted by molar-refractivity contribution is 7.88. The van der Waals surface area contributed by atoms with Gasteiger partial charge in [0.25, 0.3) is 0 Å². The summed E-state index contributed by atoms with van der Waals surface area (Å²) in [5, 5.41) is 0. The van der Waals surface area contributed by atoms with E-state index < -0.39 is 21.4 Å². The van der Waals surface area contributed by atoms with Crippen LogP contribution in [0.15, 0.2) is 36.4 Å². The van der Waals surface area contributed by atoms with E-state index in [0.717, 1.165) is 12.0 Å². The monoisotopic (exact) mass is 426 g/mol. The van der Waals surface area contributed by atoms with Gasteiger partial charge in [-0.05, 0) is 42.7 Å². The molecule has 1 saturated carbocycles. The largest absolute Gasteiger partial charge is 0.534 e. The maximum absolute atomic E-state index is 12.9. The van der Waals surface area contributed by atoms with Gasteiger partial charge in [-0.3, -0.25) is 4.79 Å². The Balaban J connectivity index is 1.77. The molecule has 0 amide bonds. The quantitative estimate of drug-likeness (QED) is 0.381. The molecular weight excluding hydrogens is 409 g/mol. The van der Waals surface area contributed by atoms with Crippen molar-refractivity contribution in [3.63, 3.8) is 0 Å². The van der Waals surface area contributed by atoms with E-state index in [1.54, 1.807) is 0 Å². The third-order valence-electron chi connectivity index (χ3n) is 5.44. The molecule has 0 saturated heterocycles. The van der Waals surface area contributed by atoms with E-state index >= 15 is 0 Å². The number of aldehydes is 1. The van der Waals surface area contributed by atoms with Crippen LogP contribution in [0.3, 0.4) is 0 Å². The molecule has 1 fully saturated rings. The first kappa shape index (κ1) is 19.8. The summed E-state index contributed by atoms with van der Waals surface area (Å²) in [6.45, 7) is 0.212. The molecule has 0 aromatic heterocycles. The lowest BCUT2D eigenvalue weighted by atomic mass is 9.88. The molecule has 2 atom stereocenters. The standard InChI is InChI=1S/C20H17F3O5S/c21-20(22,23)29(25,26)28-19-15(10-24)9-16(27-11-12-4-2-1-3-5-12)17-13-6-7-14(8-13)18(17)19/h1-5,9-10,13-14H,6-8,11H2. The molecule has 2 aliphatic rings. The number of alkyl halides is 3. The zero-order chi connectivity index (χ0) is 20.8. The van der Waals surface area contributed by atoms with Crippen molar-refractivity contribution in [1.29, 1.82) is 0 Å². The van der Waals surface area contributed by atoms with E-state index in [9.17, 15) is 26.4 Å². The van der Waals surface area contributed by atoms with Crippen LogP contribution in [0.1, 0.15) is 58.1 Å². The molecule has 2 aliphatic carbocycles. The predicted octanol–water partition coefficient (Wildman–Crippen LogP) is 4.67. The average molecular weight is 426 g/mol. The molecule has 0 spiro atoms. The number of hydrogen-bond acceptors (Lipinski definition) is 5. The van der Waals surface area contributed by atoms with Crippen LogP contribution in [0.4, 0.5) is 13.2 Å². The van der Waals surface area contributed by atoms with Gasteiger partial charge in [-0.1, -0.05) is 30.3 Å². The van der Waals surface area contributed by atoms with Gasteiger partial charge in [-0.15, -0.1) is 0 Å². The minimum absolute atomic E-state index is 0.0393. The first-order chi connectivity index (χ1) is 13.7. The molecule has 4 rings (SSSR count). The van der Waals surface area contributed by atoms with Gasteiger partial charge in [0, 0.05) is 11.1 Å². The minimum Gasteiger partial charge on any atom is -0.489 e. The molecule has 5 nitrogen and oxygen atoms in total. The Morgan fingerprint density at radius 3 is 2.34 bits per heavy atom. The predicted molar refractivity (Wildman–Crippen MR) is 97.5 cm³/mol. The van der Waals surface area contributed by atoms with Gasteiger partial charge in [-0.2, -0.15) is 21.6 Å². The lowest BCUT2D eigenvalue weighted by Crippen LogP contribution is -2.29. The summed E-state index contributed by atoms with van der Waals surface area (Å²) in [5.74, 6) is -0.258. The van der Waals surface area contributed by atoms with Crippen LogP contribution in [-0.4, -0.2) is 20.2 Å². The molecule has 154 valence electrons. The van der Waals surface area contributed by atoms with Crippen molar-refractivity contribution in [2.75, 3.05) is 0 Å². The van der Waals surface area contributed by atoms with Crippen LogP contribution in [0.2, 0.25) is 0 Å². The van der Waals surface area contributed by atoms with E-state index in [1.165, 1.54) is 6.07 Å². The Kier molecular flexibility index (Phi) is 4.80. The fourth-order valence-electron chi connectivity index (χ4n) is 4.22. The number of benzene rings is 2. The Labute approximate surface area is 165 Å². The zero-order valence-electron chi connectivity index (χ0n) is 15.1. The highest BCUT2D eigenvalue weighted by atomic mass is 32.2. The molecule has 2 unspecified atom stereocenters. The average Bonchev–Trinajstić information content (AvgIpc) is 3.29. The van der Waals surface area contributed by atoms with Gasteiger partial charge in [0.2, 0.25) is 0 Å². The maximum Gasteiger partial charge on any atom is 0.534 e. The molecule has 2 aromatic carbocycles. The molecule has 0 aliphatic heterocycles. The summed E-state index contributed by atoms with van der Waals surface area (Å²) in [6, 6.07) is 10.6. The van der Waals surface area contributed by atoms with Crippen molar-refractivity contribution in [3.05, 3.63) is 58.7 Å². The zero-order valence-corrected chi connectivity index (χ0v) is 15.9. The summed E-state index contributed by atoms with van der Waals surface area (Å²) in [6.07, 6.45) is 2.48. The first-order valence-corrected chi connectivity index (χ1v) is 10.5. The maximum atomic E-state index is 12.9. The highest BCUT2D eigenvalue weighted by Gasteiger charge is 2.50. The van der Waals surface area contributed by atoms with E-state index in [1.807, 2.05) is 30.3 Å². The van der Waals surface area contributed by atoms with Crippen molar-refractivity contribution in [1.82, 2.24) is 0 Å². The summed E-state index contributed by atoms with van der Waals surface area (Å²) < 4.78 is 72.1. The molecule has 29 heavy (non-hydrogen) atoms. The molecular formula is C20H17F3O5S. The Bertz CT molecular complexity index is 1050. The molecule has 0 heterocycles. The third-order valence-corrected chi connectivity index (χ3v) is 6.39. The molecule has 0 radical (unpaired) electrons. The molecule has 0 N–H and O–H groups in total. The number of ether oxygens (including phenoxy) is 1. The molecule has 2 aromatic rings. The second-order valence-electron chi connectivity index (χ2n) is 7.20. The van der Waals surface area contributed by atoms with Gasteiger partial charge in [0.15, 0.2) is 12.0 Å². The Morgan fingerprint density at radius 2 is 1.72 bits per heavy atom. The number of carbonyl (C=O) groups excluding carboxylic acids is 1. The van der Waals surface area contributed by atoms with Crippen LogP contribution in [0.5, 0.6) is 11.5 Å². The molecule has 2 bridgehead atoms. The van der Waals surface area contributed by atoms with Crippen LogP contribution < -0.4 is 8.92 Å². The van der Waals surface area contributed by atoms with Crippen LogP contribution in [0, 0.1) is 0 Å². The van der Waals surface area contributed by atoms with Crippen LogP contribution in [-0.2, 0) is 16.7 Å². The van der Waals surface area contributed by atoms with Gasteiger partial charge in [0.05, 0.1) is 5.56 Å². The van der Waals surface area contributed by atoms with E-state index in [0.29, 0.717) is 36.0 Å². The summed E-state index contributed by atoms with van der Waals surface area (Å²) >= 11 is 0. The van der Waals surface area contributed by atoms with Gasteiger partial charge < -0.3 is 8.92 Å². The summed E-state index contributed by atoms with van der Waals surface area (Å²) in [5.41, 5.74) is -3.97. The first-order valence-electron chi connectivity index (χ1n) is 9.04. The van der Waals surface area contributed by atoms with E-state index in [4.69, 9.17) is 4.74 Å². The third kappa shape index (κ3) is 3.48. The number of carbonyl (C=O) groups is 1. The number of halogens is 3. The SMILES string of the molecule is O=Cc1cc(OCc2ccccc2)c2c(c1OS(=O)(=O)C(F)(F)F)C1CCC2C1. The topological polar surface area (TPSA) is 69.7 Å². The smallest absolute Gasteiger partial charge is 0.489 e. The lowest BCUT2D eigenvalue weighted by molar-refractivity contribution is -0.0500. The Hall–Kier alpha value is -2.55. The number of hydrogen-bond donors (Lipinski definition) is 0.